The largest absolute Gasteiger partial charge is 0.451 e. The monoisotopic (exact) mass is 512 g/mol. The lowest BCUT2D eigenvalue weighted by Crippen LogP contribution is -2.27. The Morgan fingerprint density at radius 2 is 0.974 bits per heavy atom. The minimum absolute atomic E-state index is 0.0142. The van der Waals surface area contributed by atoms with Gasteiger partial charge in [-0.25, -0.2) is 0 Å². The van der Waals surface area contributed by atoms with Gasteiger partial charge in [-0.05, 0) is 37.1 Å². The molecule has 0 bridgehead atoms. The zero-order chi connectivity index (χ0) is 27.1. The van der Waals surface area contributed by atoms with Crippen molar-refractivity contribution in [3.05, 3.63) is 95.4 Å². The van der Waals surface area contributed by atoms with Crippen molar-refractivity contribution in [2.75, 3.05) is 13.1 Å². The van der Waals surface area contributed by atoms with Gasteiger partial charge in [-0.3, -0.25) is 20.4 Å². The van der Waals surface area contributed by atoms with Gasteiger partial charge in [0.15, 0.2) is 11.5 Å². The number of hydrogen-bond donors (Lipinski definition) is 6. The van der Waals surface area contributed by atoms with Crippen molar-refractivity contribution in [3.63, 3.8) is 0 Å². The molecule has 2 amide bonds. The number of carbonyl (C=O) groups excluding carboxylic acids is 2. The molecule has 10 heteroatoms. The number of amides is 2. The van der Waals surface area contributed by atoms with E-state index in [1.165, 1.54) is 0 Å². The Labute approximate surface area is 219 Å². The van der Waals surface area contributed by atoms with E-state index in [0.29, 0.717) is 48.6 Å². The van der Waals surface area contributed by atoms with Crippen molar-refractivity contribution >= 4 is 23.5 Å². The van der Waals surface area contributed by atoms with E-state index in [0.717, 1.165) is 11.1 Å². The first-order valence-corrected chi connectivity index (χ1v) is 12.0. The summed E-state index contributed by atoms with van der Waals surface area (Å²) >= 11 is 0. The zero-order valence-corrected chi connectivity index (χ0v) is 20.5. The number of furan rings is 2. The molecular weight excluding hydrogens is 484 g/mol. The average molecular weight is 513 g/mol. The molecular formula is C28H28N6O4. The maximum absolute atomic E-state index is 12.4. The van der Waals surface area contributed by atoms with Crippen LogP contribution in [-0.4, -0.2) is 36.6 Å². The molecule has 0 atom stereocenters. The molecule has 8 N–H and O–H groups in total. The molecule has 0 radical (unpaired) electrons. The molecule has 2 heterocycles. The smallest absolute Gasteiger partial charge is 0.287 e. The van der Waals surface area contributed by atoms with Gasteiger partial charge in [-0.1, -0.05) is 48.5 Å². The number of nitrogens with one attached hydrogen (secondary N) is 4. The molecule has 194 valence electrons. The van der Waals surface area contributed by atoms with Crippen molar-refractivity contribution in [1.82, 2.24) is 10.6 Å². The van der Waals surface area contributed by atoms with E-state index in [2.05, 4.69) is 10.6 Å². The summed E-state index contributed by atoms with van der Waals surface area (Å²) in [6.07, 6.45) is 1.33. The lowest BCUT2D eigenvalue weighted by Gasteiger charge is -2.05. The third-order valence-electron chi connectivity index (χ3n) is 5.80. The summed E-state index contributed by atoms with van der Waals surface area (Å²) in [6.45, 7) is 0.860. The molecule has 0 spiro atoms. The predicted molar refractivity (Wildman–Crippen MR) is 144 cm³/mol. The Balaban J connectivity index is 1.17. The first-order chi connectivity index (χ1) is 18.3. The lowest BCUT2D eigenvalue weighted by atomic mass is 10.1. The SMILES string of the molecule is N=C(N)c1ccc(-c2ccc(C(=O)NCCCCNC(=O)c3ccc(-c4ccc(C(=N)N)cc4)o3)o2)cc1. The number of rotatable bonds is 11. The molecule has 38 heavy (non-hydrogen) atoms. The molecule has 0 aliphatic carbocycles. The third kappa shape index (κ3) is 6.35. The van der Waals surface area contributed by atoms with Crippen molar-refractivity contribution in [1.29, 1.82) is 10.8 Å². The van der Waals surface area contributed by atoms with Gasteiger partial charge in [0.2, 0.25) is 0 Å². The molecule has 4 aromatic rings. The number of carbonyl (C=O) groups is 2. The second-order valence-electron chi connectivity index (χ2n) is 8.53. The number of amidine groups is 2. The third-order valence-corrected chi connectivity index (χ3v) is 5.80. The van der Waals surface area contributed by atoms with Crippen LogP contribution in [0.25, 0.3) is 22.6 Å². The summed E-state index contributed by atoms with van der Waals surface area (Å²) < 4.78 is 11.3. The number of hydrogen-bond acceptors (Lipinski definition) is 6. The standard InChI is InChI=1S/C28H28N6O4/c29-25(30)19-7-3-17(4-8-19)21-11-13-23(37-21)27(35)33-15-1-2-16-34-28(36)24-14-12-22(38-24)18-5-9-20(10-6-18)26(31)32/h3-14H,1-2,15-16H2,(H3,29,30)(H3,31,32)(H,33,35)(H,34,36). The maximum Gasteiger partial charge on any atom is 0.287 e. The van der Waals surface area contributed by atoms with Crippen molar-refractivity contribution in [2.45, 2.75) is 12.8 Å². The van der Waals surface area contributed by atoms with Crippen LogP contribution in [-0.2, 0) is 0 Å². The van der Waals surface area contributed by atoms with E-state index in [9.17, 15) is 9.59 Å². The summed E-state index contributed by atoms with van der Waals surface area (Å²) in [5.74, 6) is 0.825. The van der Waals surface area contributed by atoms with E-state index >= 15 is 0 Å². The Morgan fingerprint density at radius 3 is 1.32 bits per heavy atom. The normalized spacial score (nSPS) is 10.6. The molecule has 2 aromatic heterocycles. The molecule has 0 saturated heterocycles. The van der Waals surface area contributed by atoms with E-state index in [4.69, 9.17) is 31.1 Å². The zero-order valence-electron chi connectivity index (χ0n) is 20.5. The Kier molecular flexibility index (Phi) is 8.02. The fourth-order valence-electron chi connectivity index (χ4n) is 3.69. The van der Waals surface area contributed by atoms with Gasteiger partial charge in [0.25, 0.3) is 11.8 Å². The Bertz CT molecular complexity index is 1340. The number of benzene rings is 2. The molecule has 0 saturated carbocycles. The summed E-state index contributed by atoms with van der Waals surface area (Å²) in [5, 5.41) is 20.5. The van der Waals surface area contributed by atoms with Crippen LogP contribution in [0.1, 0.15) is 45.1 Å². The van der Waals surface area contributed by atoms with Crippen LogP contribution in [0.4, 0.5) is 0 Å². The van der Waals surface area contributed by atoms with Crippen LogP contribution in [0.3, 0.4) is 0 Å². The highest BCUT2D eigenvalue weighted by atomic mass is 16.4. The first-order valence-electron chi connectivity index (χ1n) is 12.0. The molecule has 0 aliphatic heterocycles. The first kappa shape index (κ1) is 26.0. The van der Waals surface area contributed by atoms with Gasteiger partial charge < -0.3 is 30.9 Å². The molecule has 0 aliphatic rings. The lowest BCUT2D eigenvalue weighted by molar-refractivity contribution is 0.0913. The van der Waals surface area contributed by atoms with E-state index in [1.54, 1.807) is 72.8 Å². The van der Waals surface area contributed by atoms with Crippen LogP contribution < -0.4 is 22.1 Å². The van der Waals surface area contributed by atoms with E-state index in [-0.39, 0.29) is 35.0 Å². The maximum atomic E-state index is 12.4. The Hall–Kier alpha value is -5.12. The highest BCUT2D eigenvalue weighted by Gasteiger charge is 2.14. The quantitative estimate of drug-likeness (QED) is 0.101. The fourth-order valence-corrected chi connectivity index (χ4v) is 3.69. The van der Waals surface area contributed by atoms with Crippen LogP contribution in [0.15, 0.2) is 81.6 Å². The molecule has 0 fully saturated rings. The molecule has 2 aromatic carbocycles. The van der Waals surface area contributed by atoms with Gasteiger partial charge in [0.1, 0.15) is 23.2 Å². The summed E-state index contributed by atoms with van der Waals surface area (Å²) in [4.78, 5) is 24.8. The number of nitrogens with two attached hydrogens (primary N) is 2. The van der Waals surface area contributed by atoms with Crippen molar-refractivity contribution in [2.24, 2.45) is 11.5 Å². The minimum atomic E-state index is -0.319. The molecule has 0 unspecified atom stereocenters. The molecule has 10 nitrogen and oxygen atoms in total. The summed E-state index contributed by atoms with van der Waals surface area (Å²) in [5.41, 5.74) is 13.7. The van der Waals surface area contributed by atoms with Gasteiger partial charge in [-0.2, -0.15) is 0 Å². The van der Waals surface area contributed by atoms with Gasteiger partial charge in [0, 0.05) is 35.3 Å². The number of nitrogen functional groups attached to an aromatic ring is 2. The Morgan fingerprint density at radius 1 is 0.605 bits per heavy atom. The predicted octanol–water partition coefficient (Wildman–Crippen LogP) is 3.71. The van der Waals surface area contributed by atoms with Crippen molar-refractivity contribution < 1.29 is 18.4 Å². The van der Waals surface area contributed by atoms with Crippen LogP contribution in [0, 0.1) is 10.8 Å². The summed E-state index contributed by atoms with van der Waals surface area (Å²) in [7, 11) is 0. The van der Waals surface area contributed by atoms with E-state index in [1.807, 2.05) is 0 Å². The minimum Gasteiger partial charge on any atom is -0.451 e. The topological polar surface area (TPSA) is 184 Å². The van der Waals surface area contributed by atoms with Crippen LogP contribution in [0.2, 0.25) is 0 Å². The molecule has 4 rings (SSSR count). The van der Waals surface area contributed by atoms with Crippen LogP contribution in [0.5, 0.6) is 0 Å². The summed E-state index contributed by atoms with van der Waals surface area (Å²) in [6, 6.07) is 20.7. The number of unbranched alkanes of at least 4 members (excludes halogenated alkanes) is 1. The van der Waals surface area contributed by atoms with Crippen molar-refractivity contribution in [3.8, 4) is 22.6 Å². The van der Waals surface area contributed by atoms with Gasteiger partial charge in [-0.15, -0.1) is 0 Å². The second kappa shape index (κ2) is 11.7. The highest BCUT2D eigenvalue weighted by Crippen LogP contribution is 2.23. The van der Waals surface area contributed by atoms with E-state index < -0.39 is 0 Å². The van der Waals surface area contributed by atoms with Crippen LogP contribution >= 0.6 is 0 Å². The van der Waals surface area contributed by atoms with Gasteiger partial charge in [0.05, 0.1) is 0 Å². The van der Waals surface area contributed by atoms with Gasteiger partial charge >= 0.3 is 0 Å². The highest BCUT2D eigenvalue weighted by molar-refractivity contribution is 5.96. The average Bonchev–Trinajstić information content (AvgIpc) is 3.61. The second-order valence-corrected chi connectivity index (χ2v) is 8.53. The fraction of sp³-hybridized carbons (Fsp3) is 0.143.